The van der Waals surface area contributed by atoms with Gasteiger partial charge < -0.3 is 9.73 Å². The zero-order valence-electron chi connectivity index (χ0n) is 14.6. The number of pyridine rings is 1. The molecule has 0 saturated carbocycles. The van der Waals surface area contributed by atoms with Gasteiger partial charge in [-0.3, -0.25) is 10.1 Å². The first-order valence-corrected chi connectivity index (χ1v) is 9.55. The fourth-order valence-electron chi connectivity index (χ4n) is 2.63. The van der Waals surface area contributed by atoms with Crippen LogP contribution in [0.5, 0.6) is 0 Å². The minimum Gasteiger partial charge on any atom is -0.434 e. The highest BCUT2D eigenvalue weighted by atomic mass is 35.5. The molecule has 1 amide bonds. The molecule has 2 N–H and O–H groups in total. The molecule has 0 spiro atoms. The van der Waals surface area contributed by atoms with Crippen LogP contribution in [0, 0.1) is 0 Å². The van der Waals surface area contributed by atoms with Crippen LogP contribution in [0.2, 0.25) is 10.0 Å². The van der Waals surface area contributed by atoms with Gasteiger partial charge in [0, 0.05) is 22.5 Å². The number of thiocarbonyl (C=S) groups is 1. The van der Waals surface area contributed by atoms with Crippen molar-refractivity contribution in [3.05, 3.63) is 76.4 Å². The zero-order chi connectivity index (χ0) is 20.4. The molecule has 144 valence electrons. The Hall–Kier alpha value is -3.00. The number of oxazole rings is 1. The second kappa shape index (κ2) is 8.16. The number of fused-ring (bicyclic) bond motifs is 1. The minimum absolute atomic E-state index is 0.123. The molecule has 0 radical (unpaired) electrons. The molecule has 0 aliphatic heterocycles. The summed E-state index contributed by atoms with van der Waals surface area (Å²) in [5.41, 5.74) is 2.80. The van der Waals surface area contributed by atoms with Gasteiger partial charge in [-0.25, -0.2) is 4.98 Å². The predicted molar refractivity (Wildman–Crippen MR) is 117 cm³/mol. The van der Waals surface area contributed by atoms with E-state index >= 15 is 0 Å². The SMILES string of the molecule is O=C(NC(=S)Nc1cccc(-c2nc3ncccc3o2)c1)c1ccc(Cl)cc1Cl. The third-order valence-electron chi connectivity index (χ3n) is 3.94. The van der Waals surface area contributed by atoms with Crippen LogP contribution in [0.25, 0.3) is 22.7 Å². The van der Waals surface area contributed by atoms with Crippen LogP contribution >= 0.6 is 35.4 Å². The number of nitrogens with zero attached hydrogens (tertiary/aromatic N) is 2. The van der Waals surface area contributed by atoms with Crippen molar-refractivity contribution in [3.8, 4) is 11.5 Å². The van der Waals surface area contributed by atoms with Gasteiger partial charge in [0.15, 0.2) is 16.3 Å². The first-order valence-electron chi connectivity index (χ1n) is 8.39. The highest BCUT2D eigenvalue weighted by Gasteiger charge is 2.13. The molecule has 2 aromatic heterocycles. The highest BCUT2D eigenvalue weighted by Crippen LogP contribution is 2.25. The van der Waals surface area contributed by atoms with E-state index in [9.17, 15) is 4.79 Å². The second-order valence-electron chi connectivity index (χ2n) is 5.96. The van der Waals surface area contributed by atoms with Crippen molar-refractivity contribution in [2.75, 3.05) is 5.32 Å². The van der Waals surface area contributed by atoms with E-state index < -0.39 is 5.91 Å². The van der Waals surface area contributed by atoms with Crippen molar-refractivity contribution in [1.82, 2.24) is 15.3 Å². The third kappa shape index (κ3) is 4.37. The van der Waals surface area contributed by atoms with Crippen molar-refractivity contribution in [2.45, 2.75) is 0 Å². The summed E-state index contributed by atoms with van der Waals surface area (Å²) in [7, 11) is 0. The number of nitrogens with one attached hydrogen (secondary N) is 2. The van der Waals surface area contributed by atoms with Crippen LogP contribution in [0.4, 0.5) is 5.69 Å². The molecule has 0 unspecified atom stereocenters. The van der Waals surface area contributed by atoms with Gasteiger partial charge in [-0.15, -0.1) is 0 Å². The summed E-state index contributed by atoms with van der Waals surface area (Å²) >= 11 is 17.1. The number of hydrogen-bond donors (Lipinski definition) is 2. The van der Waals surface area contributed by atoms with Crippen molar-refractivity contribution < 1.29 is 9.21 Å². The summed E-state index contributed by atoms with van der Waals surface area (Å²) in [5, 5.41) is 6.36. The van der Waals surface area contributed by atoms with Crippen molar-refractivity contribution in [2.24, 2.45) is 0 Å². The lowest BCUT2D eigenvalue weighted by molar-refractivity contribution is 0.0978. The lowest BCUT2D eigenvalue weighted by atomic mass is 10.2. The Morgan fingerprint density at radius 3 is 2.72 bits per heavy atom. The predicted octanol–water partition coefficient (Wildman–Crippen LogP) is 5.32. The van der Waals surface area contributed by atoms with Gasteiger partial charge in [0.2, 0.25) is 5.89 Å². The van der Waals surface area contributed by atoms with Crippen LogP contribution in [-0.2, 0) is 0 Å². The molecule has 0 atom stereocenters. The Morgan fingerprint density at radius 2 is 1.93 bits per heavy atom. The first kappa shape index (κ1) is 19.3. The van der Waals surface area contributed by atoms with Crippen LogP contribution < -0.4 is 10.6 Å². The molecule has 9 heteroatoms. The van der Waals surface area contributed by atoms with Gasteiger partial charge in [0.05, 0.1) is 10.6 Å². The van der Waals surface area contributed by atoms with Gasteiger partial charge in [-0.05, 0) is 60.7 Å². The van der Waals surface area contributed by atoms with E-state index in [-0.39, 0.29) is 15.7 Å². The summed E-state index contributed by atoms with van der Waals surface area (Å²) in [6.45, 7) is 0. The largest absolute Gasteiger partial charge is 0.434 e. The number of carbonyl (C=O) groups excluding carboxylic acids is 1. The summed E-state index contributed by atoms with van der Waals surface area (Å²) in [6.07, 6.45) is 1.65. The smallest absolute Gasteiger partial charge is 0.258 e. The number of aromatic nitrogens is 2. The average Bonchev–Trinajstić information content (AvgIpc) is 3.12. The fraction of sp³-hybridized carbons (Fsp3) is 0. The summed E-state index contributed by atoms with van der Waals surface area (Å²) in [5.74, 6) is -0.00408. The number of benzene rings is 2. The van der Waals surface area contributed by atoms with Gasteiger partial charge in [0.25, 0.3) is 5.91 Å². The van der Waals surface area contributed by atoms with Crippen LogP contribution in [0.1, 0.15) is 10.4 Å². The molecule has 6 nitrogen and oxygen atoms in total. The van der Waals surface area contributed by atoms with E-state index in [4.69, 9.17) is 39.8 Å². The molecule has 0 saturated heterocycles. The Morgan fingerprint density at radius 1 is 1.07 bits per heavy atom. The number of hydrogen-bond acceptors (Lipinski definition) is 5. The lowest BCUT2D eigenvalue weighted by Gasteiger charge is -2.11. The standard InChI is InChI=1S/C20H12Cl2N4O2S/c21-12-6-7-14(15(22)10-12)18(27)26-20(29)24-13-4-1-3-11(9-13)19-25-17-16(28-19)5-2-8-23-17/h1-10H,(H2,24,26,27,29). The van der Waals surface area contributed by atoms with Crippen LogP contribution in [-0.4, -0.2) is 21.0 Å². The maximum absolute atomic E-state index is 12.4. The fourth-order valence-corrected chi connectivity index (χ4v) is 3.33. The monoisotopic (exact) mass is 442 g/mol. The number of amides is 1. The number of anilines is 1. The Kier molecular flexibility index (Phi) is 5.44. The van der Waals surface area contributed by atoms with Crippen molar-refractivity contribution >= 4 is 63.4 Å². The normalized spacial score (nSPS) is 10.7. The molecule has 2 heterocycles. The number of halogens is 2. The summed E-state index contributed by atoms with van der Waals surface area (Å²) in [6, 6.07) is 15.5. The molecule has 0 bridgehead atoms. The molecule has 2 aromatic carbocycles. The van der Waals surface area contributed by atoms with Gasteiger partial charge in [-0.1, -0.05) is 29.3 Å². The Labute approximate surface area is 180 Å². The van der Waals surface area contributed by atoms with Gasteiger partial charge in [0.1, 0.15) is 0 Å². The summed E-state index contributed by atoms with van der Waals surface area (Å²) < 4.78 is 5.73. The molecule has 0 aliphatic carbocycles. The maximum atomic E-state index is 12.4. The van der Waals surface area contributed by atoms with Gasteiger partial charge in [-0.2, -0.15) is 4.98 Å². The zero-order valence-corrected chi connectivity index (χ0v) is 17.0. The highest BCUT2D eigenvalue weighted by molar-refractivity contribution is 7.80. The van der Waals surface area contributed by atoms with E-state index in [1.54, 1.807) is 36.5 Å². The third-order valence-corrected chi connectivity index (χ3v) is 4.69. The lowest BCUT2D eigenvalue weighted by Crippen LogP contribution is -2.34. The average molecular weight is 443 g/mol. The molecule has 0 fully saturated rings. The topological polar surface area (TPSA) is 80.0 Å². The minimum atomic E-state index is -0.439. The maximum Gasteiger partial charge on any atom is 0.258 e. The molecule has 4 aromatic rings. The molecule has 0 aliphatic rings. The Bertz CT molecular complexity index is 1210. The van der Waals surface area contributed by atoms with Gasteiger partial charge >= 0.3 is 0 Å². The molecule has 29 heavy (non-hydrogen) atoms. The van der Waals surface area contributed by atoms with Crippen molar-refractivity contribution in [3.63, 3.8) is 0 Å². The van der Waals surface area contributed by atoms with Crippen LogP contribution in [0.15, 0.2) is 65.2 Å². The Balaban J connectivity index is 1.48. The van der Waals surface area contributed by atoms with Crippen LogP contribution in [0.3, 0.4) is 0 Å². The van der Waals surface area contributed by atoms with E-state index in [1.807, 2.05) is 12.1 Å². The van der Waals surface area contributed by atoms with E-state index in [0.29, 0.717) is 27.8 Å². The first-order chi connectivity index (χ1) is 14.0. The quantitative estimate of drug-likeness (QED) is 0.417. The number of carbonyl (C=O) groups is 1. The van der Waals surface area contributed by atoms with E-state index in [0.717, 1.165) is 5.56 Å². The second-order valence-corrected chi connectivity index (χ2v) is 7.21. The number of rotatable bonds is 3. The van der Waals surface area contributed by atoms with E-state index in [1.165, 1.54) is 12.1 Å². The van der Waals surface area contributed by atoms with E-state index in [2.05, 4.69) is 20.6 Å². The van der Waals surface area contributed by atoms with Crippen molar-refractivity contribution in [1.29, 1.82) is 0 Å². The molecular formula is C20H12Cl2N4O2S. The summed E-state index contributed by atoms with van der Waals surface area (Å²) in [4.78, 5) is 20.9. The molecule has 4 rings (SSSR count). The molecular weight excluding hydrogens is 431 g/mol.